The number of carbonyl (C=O) groups is 1. The number of aliphatic hydroxyl groups excluding tert-OH is 12. The number of carboxylic acid groups (broad SMARTS) is 1. The molecule has 0 aromatic rings. The molecule has 22 nitrogen and oxygen atoms in total. The van der Waals surface area contributed by atoms with E-state index in [0.29, 0.717) is 19.3 Å². The molecule has 0 spiro atoms. The zero-order valence-corrected chi connectivity index (χ0v) is 45.3. The number of ether oxygens (including phenoxy) is 8. The van der Waals surface area contributed by atoms with E-state index in [0.717, 1.165) is 38.5 Å². The van der Waals surface area contributed by atoms with E-state index < -0.39 is 147 Å². The van der Waals surface area contributed by atoms with Gasteiger partial charge in [-0.3, -0.25) is 0 Å². The number of carboxylic acids is 1. The zero-order valence-electron chi connectivity index (χ0n) is 45.3. The van der Waals surface area contributed by atoms with Crippen LogP contribution in [0, 0.1) is 50.2 Å². The molecule has 0 aromatic carbocycles. The Kier molecular flexibility index (Phi) is 16.3. The summed E-state index contributed by atoms with van der Waals surface area (Å²) in [5.41, 5.74) is -0.808. The standard InChI is InChI=1S/C54H88O22/c1-22-31(57)34(60)39(65)45(69-22)73-30-19-49(3,4)18-25-24-10-11-28-51(6)14-13-29(52(7,21-56)27(51)12-15-54(28,9)53(24,8)17-16-50(25,30)5)72-48-43(38(64)37(63)41(74-48)44(67)68)76-47-42(36(62)33(59)26(20-55)71-47)75-46-40(66)35(61)32(58)23(2)70-46/h10,22-23,25-43,45-48,55-66H,11-21H2,1-9H3,(H,67,68)/t22-,23-,25?,26+,27+,28?,29-,30+,31-,32-,33-,34+,35+,36+,37-,38-,39+,40+,41-,42-,43+,45-,46-,47-,48+,50+,51-,52+,53+,54+/m0/s1. The molecule has 9 aliphatic rings. The van der Waals surface area contributed by atoms with Crippen molar-refractivity contribution in [1.82, 2.24) is 0 Å². The molecule has 76 heavy (non-hydrogen) atoms. The summed E-state index contributed by atoms with van der Waals surface area (Å²) in [6.45, 7) is 17.8. The van der Waals surface area contributed by atoms with Crippen molar-refractivity contribution in [2.45, 2.75) is 255 Å². The number of allylic oxidation sites excluding steroid dienone is 2. The largest absolute Gasteiger partial charge is 0.479 e. The van der Waals surface area contributed by atoms with E-state index >= 15 is 0 Å². The number of hydrogen-bond donors (Lipinski definition) is 13. The van der Waals surface area contributed by atoms with Crippen molar-refractivity contribution in [1.29, 1.82) is 0 Å². The van der Waals surface area contributed by atoms with Crippen LogP contribution in [0.4, 0.5) is 0 Å². The van der Waals surface area contributed by atoms with Gasteiger partial charge in [-0.1, -0.05) is 60.1 Å². The van der Waals surface area contributed by atoms with Gasteiger partial charge in [-0.15, -0.1) is 0 Å². The molecule has 2 unspecified atom stereocenters. The van der Waals surface area contributed by atoms with Crippen molar-refractivity contribution >= 4 is 5.97 Å². The van der Waals surface area contributed by atoms with Crippen LogP contribution >= 0.6 is 0 Å². The predicted octanol–water partition coefficient (Wildman–Crippen LogP) is -0.444. The number of hydrogen-bond acceptors (Lipinski definition) is 21. The molecule has 22 heteroatoms. The Balaban J connectivity index is 0.979. The monoisotopic (exact) mass is 1090 g/mol. The third-order valence-corrected chi connectivity index (χ3v) is 21.6. The maximum Gasteiger partial charge on any atom is 0.335 e. The van der Waals surface area contributed by atoms with Crippen LogP contribution in [0.1, 0.15) is 120 Å². The second kappa shape index (κ2) is 21.0. The molecule has 0 radical (unpaired) electrons. The molecule has 30 atom stereocenters. The van der Waals surface area contributed by atoms with Crippen LogP contribution in [0.3, 0.4) is 0 Å². The number of rotatable bonds is 11. The first-order valence-electron chi connectivity index (χ1n) is 27.6. The smallest absolute Gasteiger partial charge is 0.335 e. The zero-order chi connectivity index (χ0) is 55.7. The molecule has 8 fully saturated rings. The molecule has 0 bridgehead atoms. The molecule has 9 rings (SSSR count). The Morgan fingerprint density at radius 3 is 1.70 bits per heavy atom. The Bertz CT molecular complexity index is 2120. The minimum absolute atomic E-state index is 0.138. The van der Waals surface area contributed by atoms with Gasteiger partial charge in [0.25, 0.3) is 0 Å². The number of aliphatic hydroxyl groups is 12. The molecule has 5 aliphatic carbocycles. The van der Waals surface area contributed by atoms with Crippen LogP contribution in [0.2, 0.25) is 0 Å². The summed E-state index contributed by atoms with van der Waals surface area (Å²) in [7, 11) is 0. The lowest BCUT2D eigenvalue weighted by atomic mass is 9.33. The first kappa shape index (κ1) is 59.0. The van der Waals surface area contributed by atoms with Gasteiger partial charge >= 0.3 is 5.97 Å². The normalized spacial score (nSPS) is 56.3. The molecule has 13 N–H and O–H groups in total. The second-order valence-corrected chi connectivity index (χ2v) is 26.4. The van der Waals surface area contributed by atoms with Gasteiger partial charge in [0.1, 0.15) is 79.4 Å². The average Bonchev–Trinajstić information content (AvgIpc) is 3.36. The lowest BCUT2D eigenvalue weighted by molar-refractivity contribution is -0.396. The third kappa shape index (κ3) is 9.38. The fourth-order valence-corrected chi connectivity index (χ4v) is 16.6. The van der Waals surface area contributed by atoms with Crippen LogP contribution in [0.5, 0.6) is 0 Å². The molecular formula is C54H88O22. The Labute approximate surface area is 444 Å². The van der Waals surface area contributed by atoms with Gasteiger partial charge in [-0.05, 0) is 111 Å². The Morgan fingerprint density at radius 2 is 1.12 bits per heavy atom. The van der Waals surface area contributed by atoms with Crippen LogP contribution in [-0.2, 0) is 42.7 Å². The SMILES string of the molecule is C[C@@H]1O[C@@H](O[C@@H]2[C@H](O[C@H]3[C@H](O[C@H]4CC[C@]5(C)C6CC=C7C8CC(C)(C)C[C@@H](O[C@@H]9O[C@@H](C)[C@H](O)[C@@H](O)[C@H]9O)[C@]8(C)CC[C@@]7(C)[C@]6(C)CC[C@H]5[C@@]4(C)CO)O[C@H](C(=O)O)[C@@H](O)[C@@H]3O)O[C@H](CO)[C@H](O)[C@H]2O)[C@H](O)[C@H](O)[C@H]1O. The van der Waals surface area contributed by atoms with E-state index in [9.17, 15) is 71.2 Å². The number of aliphatic carboxylic acids is 1. The quantitative estimate of drug-likeness (QED) is 0.0921. The highest BCUT2D eigenvalue weighted by Crippen LogP contribution is 2.76. The summed E-state index contributed by atoms with van der Waals surface area (Å²) in [5.74, 6) is -1.47. The Morgan fingerprint density at radius 1 is 0.566 bits per heavy atom. The molecule has 0 aromatic heterocycles. The minimum atomic E-state index is -2.10. The van der Waals surface area contributed by atoms with Crippen LogP contribution < -0.4 is 0 Å². The summed E-state index contributed by atoms with van der Waals surface area (Å²) in [6, 6.07) is 0. The van der Waals surface area contributed by atoms with Crippen molar-refractivity contribution in [2.75, 3.05) is 13.2 Å². The average molecular weight is 1090 g/mol. The van der Waals surface area contributed by atoms with Gasteiger partial charge in [-0.2, -0.15) is 0 Å². The van der Waals surface area contributed by atoms with Crippen molar-refractivity contribution < 1.29 is 109 Å². The number of fused-ring (bicyclic) bond motifs is 7. The minimum Gasteiger partial charge on any atom is -0.479 e. The van der Waals surface area contributed by atoms with Gasteiger partial charge in [0.2, 0.25) is 0 Å². The summed E-state index contributed by atoms with van der Waals surface area (Å²) in [5, 5.41) is 141. The van der Waals surface area contributed by atoms with E-state index in [1.807, 2.05) is 6.92 Å². The summed E-state index contributed by atoms with van der Waals surface area (Å²) in [6.07, 6.45) is -24.6. The molecule has 0 amide bonds. The summed E-state index contributed by atoms with van der Waals surface area (Å²) in [4.78, 5) is 12.6. The first-order valence-corrected chi connectivity index (χ1v) is 27.6. The molecule has 436 valence electrons. The van der Waals surface area contributed by atoms with Crippen molar-refractivity contribution in [3.63, 3.8) is 0 Å². The first-order chi connectivity index (χ1) is 35.4. The van der Waals surface area contributed by atoms with Gasteiger partial charge in [0.05, 0.1) is 37.6 Å². The van der Waals surface area contributed by atoms with Crippen LogP contribution in [0.15, 0.2) is 11.6 Å². The maximum absolute atomic E-state index is 12.6. The Hall–Kier alpha value is -1.59. The van der Waals surface area contributed by atoms with Gasteiger partial charge < -0.3 is 104 Å². The highest BCUT2D eigenvalue weighted by molar-refractivity contribution is 5.73. The van der Waals surface area contributed by atoms with Gasteiger partial charge in [-0.25, -0.2) is 4.79 Å². The van der Waals surface area contributed by atoms with E-state index in [1.54, 1.807) is 6.92 Å². The van der Waals surface area contributed by atoms with Gasteiger partial charge in [0.15, 0.2) is 31.3 Å². The summed E-state index contributed by atoms with van der Waals surface area (Å²) >= 11 is 0. The third-order valence-electron chi connectivity index (χ3n) is 21.6. The fourth-order valence-electron chi connectivity index (χ4n) is 16.6. The highest BCUT2D eigenvalue weighted by atomic mass is 16.8. The van der Waals surface area contributed by atoms with Crippen molar-refractivity contribution in [3.8, 4) is 0 Å². The molecule has 4 saturated heterocycles. The lowest BCUT2D eigenvalue weighted by Crippen LogP contribution is -2.68. The van der Waals surface area contributed by atoms with E-state index in [4.69, 9.17) is 37.9 Å². The maximum atomic E-state index is 12.6. The highest BCUT2D eigenvalue weighted by Gasteiger charge is 2.70. The second-order valence-electron chi connectivity index (χ2n) is 26.4. The fraction of sp³-hybridized carbons (Fsp3) is 0.944. The molecular weight excluding hydrogens is 1000 g/mol. The summed E-state index contributed by atoms with van der Waals surface area (Å²) < 4.78 is 49.1. The predicted molar refractivity (Wildman–Crippen MR) is 262 cm³/mol. The van der Waals surface area contributed by atoms with E-state index in [1.165, 1.54) is 12.5 Å². The van der Waals surface area contributed by atoms with E-state index in [-0.39, 0.29) is 57.5 Å². The van der Waals surface area contributed by atoms with Crippen LogP contribution in [-0.4, -0.2) is 221 Å². The molecule has 4 heterocycles. The van der Waals surface area contributed by atoms with Crippen molar-refractivity contribution in [2.24, 2.45) is 50.2 Å². The van der Waals surface area contributed by atoms with Crippen molar-refractivity contribution in [3.05, 3.63) is 11.6 Å². The van der Waals surface area contributed by atoms with Gasteiger partial charge in [0, 0.05) is 10.8 Å². The topological polar surface area (TPSA) is 354 Å². The molecule has 4 saturated carbocycles. The molecule has 4 aliphatic heterocycles. The lowest BCUT2D eigenvalue weighted by Gasteiger charge is -2.72. The van der Waals surface area contributed by atoms with E-state index in [2.05, 4.69) is 47.6 Å². The van der Waals surface area contributed by atoms with Crippen LogP contribution in [0.25, 0.3) is 0 Å².